The fourth-order valence-electron chi connectivity index (χ4n) is 4.15. The number of likely N-dealkylation sites (tertiary alicyclic amines) is 1. The van der Waals surface area contributed by atoms with Crippen molar-refractivity contribution in [3.05, 3.63) is 29.8 Å². The average Bonchev–Trinajstić information content (AvgIpc) is 3.22. The largest absolute Gasteiger partial charge is 0.494 e. The molecule has 1 amide bonds. The van der Waals surface area contributed by atoms with Crippen LogP contribution in [-0.2, 0) is 9.53 Å². The molecule has 33 heavy (non-hydrogen) atoms. The van der Waals surface area contributed by atoms with Gasteiger partial charge in [-0.25, -0.2) is 0 Å². The molecule has 0 aromatic heterocycles. The molecule has 0 unspecified atom stereocenters. The Hall–Kier alpha value is -1.67. The normalized spacial score (nSPS) is 18.2. The third kappa shape index (κ3) is 10.9. The van der Waals surface area contributed by atoms with E-state index in [-0.39, 0.29) is 12.0 Å². The minimum absolute atomic E-state index is 0.0322. The molecule has 0 aliphatic carbocycles. The number of aliphatic hydroxyl groups excluding tert-OH is 2. The Morgan fingerprint density at radius 2 is 1.85 bits per heavy atom. The van der Waals surface area contributed by atoms with Gasteiger partial charge in [0.05, 0.1) is 18.8 Å². The Morgan fingerprint density at radius 1 is 1.12 bits per heavy atom. The van der Waals surface area contributed by atoms with E-state index in [4.69, 9.17) is 9.47 Å². The Labute approximate surface area is 199 Å². The van der Waals surface area contributed by atoms with Crippen LogP contribution in [0, 0.1) is 0 Å². The summed E-state index contributed by atoms with van der Waals surface area (Å²) in [7, 11) is 1.72. The van der Waals surface area contributed by atoms with Crippen molar-refractivity contribution in [2.24, 2.45) is 0 Å². The number of methoxy groups -OCH3 is 1. The molecule has 1 aliphatic heterocycles. The zero-order valence-corrected chi connectivity index (χ0v) is 20.5. The molecule has 0 saturated carbocycles. The smallest absolute Gasteiger partial charge is 0.220 e. The standard InChI is InChI=1S/C26H44N2O5/c1-3-4-18-33-23-13-11-21(12-14-23)26(31)24(20-28-16-15-22(29)19-28)27-25(30)10-8-6-5-7-9-17-32-2/h11-14,22,24,26,29,31H,3-10,15-20H2,1-2H3,(H,27,30)/t22-,24+,26+/m0/s1. The van der Waals surface area contributed by atoms with Gasteiger partial charge >= 0.3 is 0 Å². The number of carbonyl (C=O) groups excluding carboxylic acids is 1. The van der Waals surface area contributed by atoms with Crippen LogP contribution < -0.4 is 10.1 Å². The number of nitrogens with one attached hydrogen (secondary N) is 1. The zero-order valence-electron chi connectivity index (χ0n) is 20.5. The molecule has 3 atom stereocenters. The second-order valence-corrected chi connectivity index (χ2v) is 9.10. The first-order chi connectivity index (χ1) is 16.0. The van der Waals surface area contributed by atoms with Crippen LogP contribution in [0.4, 0.5) is 0 Å². The van der Waals surface area contributed by atoms with Crippen LogP contribution in [0.1, 0.15) is 76.4 Å². The first-order valence-corrected chi connectivity index (χ1v) is 12.6. The van der Waals surface area contributed by atoms with Gasteiger partial charge in [-0.15, -0.1) is 0 Å². The molecule has 1 aromatic carbocycles. The number of hydrogen-bond acceptors (Lipinski definition) is 6. The molecule has 0 bridgehead atoms. The number of rotatable bonds is 17. The number of nitrogens with zero attached hydrogens (tertiary/aromatic N) is 1. The molecule has 2 rings (SSSR count). The quantitative estimate of drug-likeness (QED) is 0.306. The van der Waals surface area contributed by atoms with Gasteiger partial charge in [0.15, 0.2) is 0 Å². The molecule has 3 N–H and O–H groups in total. The summed E-state index contributed by atoms with van der Waals surface area (Å²) in [5, 5.41) is 24.0. The Balaban J connectivity index is 1.89. The molecule has 1 heterocycles. The number of benzene rings is 1. The summed E-state index contributed by atoms with van der Waals surface area (Å²) in [4.78, 5) is 14.7. The Kier molecular flexibility index (Phi) is 13.4. The lowest BCUT2D eigenvalue weighted by Gasteiger charge is -2.29. The summed E-state index contributed by atoms with van der Waals surface area (Å²) in [6.07, 6.45) is 7.24. The Morgan fingerprint density at radius 3 is 2.52 bits per heavy atom. The maximum absolute atomic E-state index is 12.6. The summed E-state index contributed by atoms with van der Waals surface area (Å²) in [5.74, 6) is 0.753. The van der Waals surface area contributed by atoms with Crippen LogP contribution in [0.3, 0.4) is 0 Å². The van der Waals surface area contributed by atoms with Crippen molar-refractivity contribution in [3.63, 3.8) is 0 Å². The highest BCUT2D eigenvalue weighted by Gasteiger charge is 2.28. The number of β-amino-alcohol motifs (C(OH)–C–C–N with tert-alkyl or cyclic N) is 1. The van der Waals surface area contributed by atoms with Gasteiger partial charge in [0.1, 0.15) is 11.9 Å². The van der Waals surface area contributed by atoms with Gasteiger partial charge in [-0.1, -0.05) is 44.7 Å². The number of unbranched alkanes of at least 4 members (excludes halogenated alkanes) is 5. The van der Waals surface area contributed by atoms with Crippen LogP contribution in [0.5, 0.6) is 5.75 Å². The predicted octanol–water partition coefficient (Wildman–Crippen LogP) is 3.44. The number of hydrogen-bond donors (Lipinski definition) is 3. The molecule has 1 fully saturated rings. The maximum Gasteiger partial charge on any atom is 0.220 e. The summed E-state index contributed by atoms with van der Waals surface area (Å²) in [5.41, 5.74) is 0.751. The highest BCUT2D eigenvalue weighted by molar-refractivity contribution is 5.76. The van der Waals surface area contributed by atoms with E-state index in [0.29, 0.717) is 26.1 Å². The van der Waals surface area contributed by atoms with Gasteiger partial charge in [0.25, 0.3) is 0 Å². The molecular formula is C26H44N2O5. The lowest BCUT2D eigenvalue weighted by atomic mass is 10.0. The Bertz CT molecular complexity index is 655. The first kappa shape index (κ1) is 27.6. The van der Waals surface area contributed by atoms with Crippen LogP contribution in [0.25, 0.3) is 0 Å². The second-order valence-electron chi connectivity index (χ2n) is 9.10. The first-order valence-electron chi connectivity index (χ1n) is 12.6. The minimum Gasteiger partial charge on any atom is -0.494 e. The van der Waals surface area contributed by atoms with Crippen molar-refractivity contribution < 1.29 is 24.5 Å². The molecule has 0 spiro atoms. The molecule has 188 valence electrons. The number of amides is 1. The van der Waals surface area contributed by atoms with Gasteiger partial charge in [-0.2, -0.15) is 0 Å². The molecule has 1 saturated heterocycles. The average molecular weight is 465 g/mol. The second kappa shape index (κ2) is 16.0. The summed E-state index contributed by atoms with van der Waals surface area (Å²) in [6, 6.07) is 7.04. The van der Waals surface area contributed by atoms with E-state index in [9.17, 15) is 15.0 Å². The molecule has 7 nitrogen and oxygen atoms in total. The summed E-state index contributed by atoms with van der Waals surface area (Å²) in [6.45, 7) is 5.45. The van der Waals surface area contributed by atoms with E-state index in [1.807, 2.05) is 24.3 Å². The van der Waals surface area contributed by atoms with Gasteiger partial charge in [-0.3, -0.25) is 9.69 Å². The highest BCUT2D eigenvalue weighted by Crippen LogP contribution is 2.23. The third-order valence-corrected chi connectivity index (χ3v) is 6.17. The van der Waals surface area contributed by atoms with Crippen molar-refractivity contribution in [1.82, 2.24) is 10.2 Å². The van der Waals surface area contributed by atoms with Gasteiger partial charge in [-0.05, 0) is 43.4 Å². The zero-order chi connectivity index (χ0) is 23.9. The van der Waals surface area contributed by atoms with E-state index in [1.54, 1.807) is 7.11 Å². The molecule has 1 aliphatic rings. The summed E-state index contributed by atoms with van der Waals surface area (Å²) >= 11 is 0. The van der Waals surface area contributed by atoms with Crippen LogP contribution >= 0.6 is 0 Å². The number of carbonyl (C=O) groups is 1. The van der Waals surface area contributed by atoms with Crippen molar-refractivity contribution in [2.45, 2.75) is 83.0 Å². The predicted molar refractivity (Wildman–Crippen MR) is 130 cm³/mol. The van der Waals surface area contributed by atoms with Crippen LogP contribution in [0.2, 0.25) is 0 Å². The lowest BCUT2D eigenvalue weighted by Crippen LogP contribution is -2.47. The van der Waals surface area contributed by atoms with Crippen molar-refractivity contribution in [1.29, 1.82) is 0 Å². The fourth-order valence-corrected chi connectivity index (χ4v) is 4.15. The van der Waals surface area contributed by atoms with Crippen LogP contribution in [0.15, 0.2) is 24.3 Å². The van der Waals surface area contributed by atoms with Crippen molar-refractivity contribution >= 4 is 5.91 Å². The van der Waals surface area contributed by atoms with Crippen LogP contribution in [-0.4, -0.2) is 73.1 Å². The molecule has 7 heteroatoms. The maximum atomic E-state index is 12.6. The van der Waals surface area contributed by atoms with Crippen molar-refractivity contribution in [3.8, 4) is 5.75 Å². The molecule has 0 radical (unpaired) electrons. The molecular weight excluding hydrogens is 420 g/mol. The SMILES string of the molecule is CCCCOc1ccc([C@@H](O)[C@@H](CN2CC[C@H](O)C2)NC(=O)CCCCCCCOC)cc1. The van der Waals surface area contributed by atoms with E-state index in [2.05, 4.69) is 17.1 Å². The topological polar surface area (TPSA) is 91.3 Å². The summed E-state index contributed by atoms with van der Waals surface area (Å²) < 4.78 is 10.8. The van der Waals surface area contributed by atoms with Gasteiger partial charge < -0.3 is 25.0 Å². The van der Waals surface area contributed by atoms with Gasteiger partial charge in [0, 0.05) is 39.8 Å². The van der Waals surface area contributed by atoms with Crippen molar-refractivity contribution in [2.75, 3.05) is 40.0 Å². The number of aliphatic hydroxyl groups is 2. The van der Waals surface area contributed by atoms with E-state index in [0.717, 1.165) is 75.8 Å². The van der Waals surface area contributed by atoms with E-state index >= 15 is 0 Å². The van der Waals surface area contributed by atoms with E-state index < -0.39 is 12.1 Å². The third-order valence-electron chi connectivity index (χ3n) is 6.17. The van der Waals surface area contributed by atoms with Gasteiger partial charge in [0.2, 0.25) is 5.91 Å². The minimum atomic E-state index is -0.828. The number of ether oxygens (including phenoxy) is 2. The van der Waals surface area contributed by atoms with E-state index in [1.165, 1.54) is 0 Å². The fraction of sp³-hybridized carbons (Fsp3) is 0.731. The monoisotopic (exact) mass is 464 g/mol. The highest BCUT2D eigenvalue weighted by atomic mass is 16.5. The lowest BCUT2D eigenvalue weighted by molar-refractivity contribution is -0.123. The molecule has 1 aromatic rings.